The van der Waals surface area contributed by atoms with Crippen LogP contribution in [-0.2, 0) is 9.53 Å². The smallest absolute Gasteiger partial charge is 0.256 e. The Morgan fingerprint density at radius 3 is 2.08 bits per heavy atom. The SMILES string of the molecule is COC1(C(=O)Nc2ccc(Oc3ccc(C)cc3)cc2)CCNCC1.Cl. The third-order valence-electron chi connectivity index (χ3n) is 4.58. The average molecular weight is 377 g/mol. The van der Waals surface area contributed by atoms with Gasteiger partial charge in [-0.3, -0.25) is 4.79 Å². The first-order valence-corrected chi connectivity index (χ1v) is 8.53. The van der Waals surface area contributed by atoms with Crippen LogP contribution in [0.3, 0.4) is 0 Å². The molecule has 0 spiro atoms. The van der Waals surface area contributed by atoms with Crippen molar-refractivity contribution in [2.75, 3.05) is 25.5 Å². The summed E-state index contributed by atoms with van der Waals surface area (Å²) < 4.78 is 11.4. The van der Waals surface area contributed by atoms with Crippen LogP contribution >= 0.6 is 12.4 Å². The first-order valence-electron chi connectivity index (χ1n) is 8.53. The van der Waals surface area contributed by atoms with Gasteiger partial charge in [-0.1, -0.05) is 17.7 Å². The zero-order valence-corrected chi connectivity index (χ0v) is 15.9. The molecule has 0 unspecified atom stereocenters. The van der Waals surface area contributed by atoms with Crippen LogP contribution in [0.2, 0.25) is 0 Å². The third-order valence-corrected chi connectivity index (χ3v) is 4.58. The molecule has 0 aromatic heterocycles. The number of piperidine rings is 1. The minimum absolute atomic E-state index is 0. The molecule has 26 heavy (non-hydrogen) atoms. The number of methoxy groups -OCH3 is 1. The molecule has 0 atom stereocenters. The van der Waals surface area contributed by atoms with Crippen molar-refractivity contribution in [3.63, 3.8) is 0 Å². The molecule has 1 aliphatic rings. The topological polar surface area (TPSA) is 59.6 Å². The van der Waals surface area contributed by atoms with E-state index >= 15 is 0 Å². The van der Waals surface area contributed by atoms with Crippen LogP contribution in [0.25, 0.3) is 0 Å². The van der Waals surface area contributed by atoms with Crippen LogP contribution < -0.4 is 15.4 Å². The van der Waals surface area contributed by atoms with E-state index in [0.717, 1.165) is 30.3 Å². The Morgan fingerprint density at radius 1 is 1.00 bits per heavy atom. The van der Waals surface area contributed by atoms with E-state index in [1.165, 1.54) is 5.56 Å². The average Bonchev–Trinajstić information content (AvgIpc) is 2.65. The van der Waals surface area contributed by atoms with Crippen molar-refractivity contribution in [1.82, 2.24) is 5.32 Å². The van der Waals surface area contributed by atoms with Gasteiger partial charge in [0, 0.05) is 12.8 Å². The molecular weight excluding hydrogens is 352 g/mol. The summed E-state index contributed by atoms with van der Waals surface area (Å²) in [6, 6.07) is 15.3. The third kappa shape index (κ3) is 4.75. The molecule has 5 nitrogen and oxygen atoms in total. The number of rotatable bonds is 5. The van der Waals surface area contributed by atoms with Crippen LogP contribution in [0, 0.1) is 6.92 Å². The lowest BCUT2D eigenvalue weighted by atomic mass is 9.91. The number of aryl methyl sites for hydroxylation is 1. The van der Waals surface area contributed by atoms with E-state index in [4.69, 9.17) is 9.47 Å². The van der Waals surface area contributed by atoms with Gasteiger partial charge < -0.3 is 20.1 Å². The fraction of sp³-hybridized carbons (Fsp3) is 0.350. The number of hydrogen-bond acceptors (Lipinski definition) is 4. The number of hydrogen-bond donors (Lipinski definition) is 2. The summed E-state index contributed by atoms with van der Waals surface area (Å²) in [5.74, 6) is 1.42. The van der Waals surface area contributed by atoms with E-state index in [2.05, 4.69) is 10.6 Å². The Labute approximate surface area is 160 Å². The van der Waals surface area contributed by atoms with E-state index in [0.29, 0.717) is 12.8 Å². The van der Waals surface area contributed by atoms with Gasteiger partial charge in [0.05, 0.1) is 0 Å². The van der Waals surface area contributed by atoms with Crippen LogP contribution in [-0.4, -0.2) is 31.7 Å². The maximum atomic E-state index is 12.6. The number of anilines is 1. The Kier molecular flexibility index (Phi) is 7.03. The maximum absolute atomic E-state index is 12.6. The number of halogens is 1. The molecule has 2 aromatic carbocycles. The van der Waals surface area contributed by atoms with Crippen molar-refractivity contribution in [3.05, 3.63) is 54.1 Å². The van der Waals surface area contributed by atoms with E-state index in [-0.39, 0.29) is 18.3 Å². The fourth-order valence-corrected chi connectivity index (χ4v) is 2.95. The normalized spacial score (nSPS) is 15.6. The summed E-state index contributed by atoms with van der Waals surface area (Å²) in [5, 5.41) is 6.20. The maximum Gasteiger partial charge on any atom is 0.256 e. The molecule has 1 aliphatic heterocycles. The highest BCUT2D eigenvalue weighted by molar-refractivity contribution is 5.97. The standard InChI is InChI=1S/C20H24N2O3.ClH/c1-15-3-7-17(8-4-15)25-18-9-5-16(6-10-18)22-19(23)20(24-2)11-13-21-14-12-20;/h3-10,21H,11-14H2,1-2H3,(H,22,23);1H. The molecule has 1 saturated heterocycles. The quantitative estimate of drug-likeness (QED) is 0.830. The summed E-state index contributed by atoms with van der Waals surface area (Å²) >= 11 is 0. The van der Waals surface area contributed by atoms with Crippen LogP contribution in [0.15, 0.2) is 48.5 Å². The molecule has 0 radical (unpaired) electrons. The fourth-order valence-electron chi connectivity index (χ4n) is 2.95. The van der Waals surface area contributed by atoms with Crippen molar-refractivity contribution in [2.45, 2.75) is 25.4 Å². The van der Waals surface area contributed by atoms with Crippen molar-refractivity contribution < 1.29 is 14.3 Å². The largest absolute Gasteiger partial charge is 0.457 e. The number of benzene rings is 2. The molecule has 0 saturated carbocycles. The predicted octanol–water partition coefficient (Wildman–Crippen LogP) is 3.92. The lowest BCUT2D eigenvalue weighted by Gasteiger charge is -2.34. The Morgan fingerprint density at radius 2 is 1.54 bits per heavy atom. The van der Waals surface area contributed by atoms with E-state index < -0.39 is 5.60 Å². The molecule has 0 aliphatic carbocycles. The Hall–Kier alpha value is -2.08. The Bertz CT molecular complexity index is 711. The first-order chi connectivity index (χ1) is 12.1. The molecule has 1 heterocycles. The van der Waals surface area contributed by atoms with Gasteiger partial charge >= 0.3 is 0 Å². The number of nitrogens with one attached hydrogen (secondary N) is 2. The summed E-state index contributed by atoms with van der Waals surface area (Å²) in [6.07, 6.45) is 1.34. The highest BCUT2D eigenvalue weighted by atomic mass is 35.5. The van der Waals surface area contributed by atoms with Gasteiger partial charge in [0.2, 0.25) is 0 Å². The van der Waals surface area contributed by atoms with E-state index in [9.17, 15) is 4.79 Å². The number of carbonyl (C=O) groups excluding carboxylic acids is 1. The van der Waals surface area contributed by atoms with Gasteiger partial charge in [0.25, 0.3) is 5.91 Å². The van der Waals surface area contributed by atoms with Gasteiger partial charge in [0.1, 0.15) is 17.1 Å². The van der Waals surface area contributed by atoms with Crippen molar-refractivity contribution in [3.8, 4) is 11.5 Å². The van der Waals surface area contributed by atoms with E-state index in [1.54, 1.807) is 7.11 Å². The highest BCUT2D eigenvalue weighted by Crippen LogP contribution is 2.26. The highest BCUT2D eigenvalue weighted by Gasteiger charge is 2.39. The molecule has 1 amide bonds. The van der Waals surface area contributed by atoms with Crippen molar-refractivity contribution in [1.29, 1.82) is 0 Å². The van der Waals surface area contributed by atoms with Gasteiger partial charge in [-0.25, -0.2) is 0 Å². The second-order valence-electron chi connectivity index (χ2n) is 6.34. The molecule has 0 bridgehead atoms. The number of ether oxygens (including phenoxy) is 2. The second kappa shape index (κ2) is 9.03. The summed E-state index contributed by atoms with van der Waals surface area (Å²) in [4.78, 5) is 12.6. The molecule has 2 aromatic rings. The minimum Gasteiger partial charge on any atom is -0.457 e. The zero-order chi connectivity index (χ0) is 17.7. The number of amides is 1. The van der Waals surface area contributed by atoms with Gasteiger partial charge in [0.15, 0.2) is 0 Å². The van der Waals surface area contributed by atoms with Crippen LogP contribution in [0.5, 0.6) is 11.5 Å². The van der Waals surface area contributed by atoms with Gasteiger partial charge in [-0.2, -0.15) is 0 Å². The molecule has 140 valence electrons. The van der Waals surface area contributed by atoms with E-state index in [1.807, 2.05) is 55.5 Å². The molecule has 6 heteroatoms. The summed E-state index contributed by atoms with van der Waals surface area (Å²) in [6.45, 7) is 3.60. The predicted molar refractivity (Wildman–Crippen MR) is 105 cm³/mol. The van der Waals surface area contributed by atoms with Crippen molar-refractivity contribution >= 4 is 24.0 Å². The van der Waals surface area contributed by atoms with Gasteiger partial charge in [-0.15, -0.1) is 12.4 Å². The molecular formula is C20H25ClN2O3. The molecule has 1 fully saturated rings. The molecule has 3 rings (SSSR count). The van der Waals surface area contributed by atoms with Crippen LogP contribution in [0.4, 0.5) is 5.69 Å². The van der Waals surface area contributed by atoms with Crippen molar-refractivity contribution in [2.24, 2.45) is 0 Å². The zero-order valence-electron chi connectivity index (χ0n) is 15.1. The first kappa shape index (κ1) is 20.2. The lowest BCUT2D eigenvalue weighted by Crippen LogP contribution is -2.51. The lowest BCUT2D eigenvalue weighted by molar-refractivity contribution is -0.140. The van der Waals surface area contributed by atoms with Gasteiger partial charge in [-0.05, 0) is 69.3 Å². The monoisotopic (exact) mass is 376 g/mol. The van der Waals surface area contributed by atoms with Crippen LogP contribution in [0.1, 0.15) is 18.4 Å². The number of carbonyl (C=O) groups is 1. The second-order valence-corrected chi connectivity index (χ2v) is 6.34. The Balaban J connectivity index is 0.00000243. The molecule has 2 N–H and O–H groups in total. The summed E-state index contributed by atoms with van der Waals surface area (Å²) in [7, 11) is 1.60. The minimum atomic E-state index is -0.748. The summed E-state index contributed by atoms with van der Waals surface area (Å²) in [5.41, 5.74) is 1.18.